The summed E-state index contributed by atoms with van der Waals surface area (Å²) < 4.78 is 0. The highest BCUT2D eigenvalue weighted by Crippen LogP contribution is 2.45. The molecule has 1 aliphatic rings. The Morgan fingerprint density at radius 3 is 3.00 bits per heavy atom. The normalized spacial score (nSPS) is 31.4. The Kier molecular flexibility index (Phi) is 3.19. The molecule has 2 rings (SSSR count). The lowest BCUT2D eigenvalue weighted by Crippen LogP contribution is -2.48. The first kappa shape index (κ1) is 10.1. The summed E-state index contributed by atoms with van der Waals surface area (Å²) in [5.41, 5.74) is 0. The van der Waals surface area contributed by atoms with E-state index < -0.39 is 0 Å². The Labute approximate surface area is 89.8 Å². The van der Waals surface area contributed by atoms with Gasteiger partial charge in [0, 0.05) is 23.5 Å². The zero-order chi connectivity index (χ0) is 9.97. The minimum Gasteiger partial charge on any atom is -0.314 e. The van der Waals surface area contributed by atoms with Crippen molar-refractivity contribution in [3.8, 4) is 0 Å². The summed E-state index contributed by atoms with van der Waals surface area (Å²) >= 11 is 1.81. The molecule has 3 atom stereocenters. The van der Waals surface area contributed by atoms with Crippen LogP contribution in [-0.2, 0) is 0 Å². The molecular formula is C11H18N2S. The number of nitrogens with one attached hydrogen (secondary N) is 1. The van der Waals surface area contributed by atoms with Gasteiger partial charge in [-0.1, -0.05) is 20.3 Å². The van der Waals surface area contributed by atoms with Crippen LogP contribution in [0, 0.1) is 5.92 Å². The van der Waals surface area contributed by atoms with Crippen molar-refractivity contribution < 1.29 is 0 Å². The molecule has 1 aliphatic carbocycles. The molecule has 1 aromatic heterocycles. The summed E-state index contributed by atoms with van der Waals surface area (Å²) in [6, 6.07) is 0.735. The standard InChI is InChI=1S/C11H18N2S/c1-3-8-9(7-10(8)12-4-2)11-13-5-6-14-11/h5-6,8-10,12H,3-4,7H2,1-2H3. The van der Waals surface area contributed by atoms with Crippen LogP contribution in [0.25, 0.3) is 0 Å². The largest absolute Gasteiger partial charge is 0.314 e. The van der Waals surface area contributed by atoms with Crippen LogP contribution in [0.4, 0.5) is 0 Å². The SMILES string of the molecule is CCNC1CC(c2nccs2)C1CC. The van der Waals surface area contributed by atoms with Crippen LogP contribution in [0.5, 0.6) is 0 Å². The third kappa shape index (κ3) is 1.71. The minimum absolute atomic E-state index is 0.726. The molecule has 2 nitrogen and oxygen atoms in total. The highest BCUT2D eigenvalue weighted by molar-refractivity contribution is 7.09. The van der Waals surface area contributed by atoms with E-state index in [2.05, 4.69) is 29.5 Å². The van der Waals surface area contributed by atoms with Gasteiger partial charge in [0.2, 0.25) is 0 Å². The van der Waals surface area contributed by atoms with Crippen LogP contribution in [0.2, 0.25) is 0 Å². The third-order valence-electron chi connectivity index (χ3n) is 3.25. The monoisotopic (exact) mass is 210 g/mol. The van der Waals surface area contributed by atoms with E-state index >= 15 is 0 Å². The number of nitrogens with zero attached hydrogens (tertiary/aromatic N) is 1. The van der Waals surface area contributed by atoms with Gasteiger partial charge >= 0.3 is 0 Å². The van der Waals surface area contributed by atoms with E-state index in [1.54, 1.807) is 0 Å². The molecule has 0 aromatic carbocycles. The maximum absolute atomic E-state index is 4.42. The van der Waals surface area contributed by atoms with Gasteiger partial charge in [0.15, 0.2) is 0 Å². The predicted octanol–water partition coefficient (Wildman–Crippen LogP) is 2.63. The summed E-state index contributed by atoms with van der Waals surface area (Å²) in [5, 5.41) is 6.98. The second-order valence-electron chi connectivity index (χ2n) is 3.95. The molecule has 1 N–H and O–H groups in total. The molecule has 0 amide bonds. The number of rotatable bonds is 4. The van der Waals surface area contributed by atoms with Crippen molar-refractivity contribution in [2.24, 2.45) is 5.92 Å². The van der Waals surface area contributed by atoms with Crippen molar-refractivity contribution in [3.63, 3.8) is 0 Å². The molecule has 14 heavy (non-hydrogen) atoms. The van der Waals surface area contributed by atoms with E-state index in [1.807, 2.05) is 17.5 Å². The average molecular weight is 210 g/mol. The topological polar surface area (TPSA) is 24.9 Å². The molecule has 0 bridgehead atoms. The van der Waals surface area contributed by atoms with Gasteiger partial charge in [0.05, 0.1) is 5.01 Å². The Hall–Kier alpha value is -0.410. The fraction of sp³-hybridized carbons (Fsp3) is 0.727. The molecule has 0 aliphatic heterocycles. The molecule has 3 unspecified atom stereocenters. The number of hydrogen-bond acceptors (Lipinski definition) is 3. The van der Waals surface area contributed by atoms with Crippen molar-refractivity contribution in [2.45, 2.75) is 38.6 Å². The first-order valence-electron chi connectivity index (χ1n) is 5.49. The summed E-state index contributed by atoms with van der Waals surface area (Å²) in [6.45, 7) is 5.56. The van der Waals surface area contributed by atoms with Gasteiger partial charge in [-0.05, 0) is 18.9 Å². The van der Waals surface area contributed by atoms with E-state index in [0.29, 0.717) is 0 Å². The number of hydrogen-bond donors (Lipinski definition) is 1. The Balaban J connectivity index is 1.98. The first-order chi connectivity index (χ1) is 6.86. The van der Waals surface area contributed by atoms with Gasteiger partial charge in [-0.2, -0.15) is 0 Å². The van der Waals surface area contributed by atoms with Gasteiger partial charge in [0.1, 0.15) is 0 Å². The van der Waals surface area contributed by atoms with Crippen LogP contribution in [-0.4, -0.2) is 17.6 Å². The van der Waals surface area contributed by atoms with E-state index in [0.717, 1.165) is 24.4 Å². The van der Waals surface area contributed by atoms with Crippen LogP contribution in [0.3, 0.4) is 0 Å². The maximum Gasteiger partial charge on any atom is 0.0959 e. The average Bonchev–Trinajstić information content (AvgIpc) is 2.65. The van der Waals surface area contributed by atoms with Crippen LogP contribution in [0.15, 0.2) is 11.6 Å². The minimum atomic E-state index is 0.726. The molecule has 1 aromatic rings. The lowest BCUT2D eigenvalue weighted by atomic mass is 9.68. The Bertz CT molecular complexity index is 271. The summed E-state index contributed by atoms with van der Waals surface area (Å²) in [7, 11) is 0. The van der Waals surface area contributed by atoms with Crippen molar-refractivity contribution in [1.29, 1.82) is 0 Å². The fourth-order valence-electron chi connectivity index (χ4n) is 2.48. The Morgan fingerprint density at radius 2 is 2.43 bits per heavy atom. The quantitative estimate of drug-likeness (QED) is 0.826. The molecule has 0 saturated heterocycles. The highest BCUT2D eigenvalue weighted by atomic mass is 32.1. The van der Waals surface area contributed by atoms with Gasteiger partial charge in [-0.3, -0.25) is 0 Å². The summed E-state index contributed by atoms with van der Waals surface area (Å²) in [5.74, 6) is 1.53. The van der Waals surface area contributed by atoms with Crippen LogP contribution in [0.1, 0.15) is 37.6 Å². The molecule has 1 fully saturated rings. The molecule has 0 spiro atoms. The lowest BCUT2D eigenvalue weighted by Gasteiger charge is -2.44. The zero-order valence-corrected chi connectivity index (χ0v) is 9.68. The lowest BCUT2D eigenvalue weighted by molar-refractivity contribution is 0.162. The first-order valence-corrected chi connectivity index (χ1v) is 6.37. The molecule has 78 valence electrons. The highest BCUT2D eigenvalue weighted by Gasteiger charge is 2.41. The van der Waals surface area contributed by atoms with Gasteiger partial charge in [0.25, 0.3) is 0 Å². The van der Waals surface area contributed by atoms with Gasteiger partial charge in [-0.25, -0.2) is 4.98 Å². The number of thiazole rings is 1. The van der Waals surface area contributed by atoms with E-state index in [4.69, 9.17) is 0 Å². The van der Waals surface area contributed by atoms with Crippen molar-refractivity contribution >= 4 is 11.3 Å². The second kappa shape index (κ2) is 4.41. The van der Waals surface area contributed by atoms with Crippen molar-refractivity contribution in [1.82, 2.24) is 10.3 Å². The second-order valence-corrected chi connectivity index (χ2v) is 4.87. The van der Waals surface area contributed by atoms with Crippen molar-refractivity contribution in [3.05, 3.63) is 16.6 Å². The van der Waals surface area contributed by atoms with E-state index in [9.17, 15) is 0 Å². The molecule has 3 heteroatoms. The summed E-state index contributed by atoms with van der Waals surface area (Å²) in [4.78, 5) is 4.42. The van der Waals surface area contributed by atoms with Gasteiger partial charge in [-0.15, -0.1) is 11.3 Å². The van der Waals surface area contributed by atoms with Crippen LogP contribution < -0.4 is 5.32 Å². The maximum atomic E-state index is 4.42. The molecule has 0 radical (unpaired) electrons. The van der Waals surface area contributed by atoms with E-state index in [-0.39, 0.29) is 0 Å². The predicted molar refractivity (Wildman–Crippen MR) is 60.7 cm³/mol. The van der Waals surface area contributed by atoms with Crippen molar-refractivity contribution in [2.75, 3.05) is 6.54 Å². The zero-order valence-electron chi connectivity index (χ0n) is 8.86. The van der Waals surface area contributed by atoms with Gasteiger partial charge < -0.3 is 5.32 Å². The molecule has 1 heterocycles. The van der Waals surface area contributed by atoms with Crippen LogP contribution >= 0.6 is 11.3 Å². The molecule has 1 saturated carbocycles. The number of aromatic nitrogens is 1. The fourth-order valence-corrected chi connectivity index (χ4v) is 3.30. The van der Waals surface area contributed by atoms with E-state index in [1.165, 1.54) is 17.8 Å². The Morgan fingerprint density at radius 1 is 1.57 bits per heavy atom. The summed E-state index contributed by atoms with van der Waals surface area (Å²) in [6.07, 6.45) is 4.47. The smallest absolute Gasteiger partial charge is 0.0959 e. The third-order valence-corrected chi connectivity index (χ3v) is 4.16. The molecular weight excluding hydrogens is 192 g/mol.